The number of benzene rings is 1. The first-order valence-corrected chi connectivity index (χ1v) is 10.5. The summed E-state index contributed by atoms with van der Waals surface area (Å²) in [6, 6.07) is 8.18. The first-order chi connectivity index (χ1) is 13.8. The number of hydrogen-bond acceptors (Lipinski definition) is 6. The van der Waals surface area contributed by atoms with Gasteiger partial charge in [-0.05, 0) is 39.2 Å². The fraction of sp³-hybridized carbons (Fsp3) is 0.381. The Bertz CT molecular complexity index is 889. The summed E-state index contributed by atoms with van der Waals surface area (Å²) < 4.78 is 10.5. The zero-order valence-corrected chi connectivity index (χ0v) is 18.2. The molecule has 1 aromatic carbocycles. The Morgan fingerprint density at radius 3 is 2.38 bits per heavy atom. The van der Waals surface area contributed by atoms with E-state index in [9.17, 15) is 14.4 Å². The molecule has 8 heteroatoms. The average Bonchev–Trinajstić information content (AvgIpc) is 2.98. The van der Waals surface area contributed by atoms with E-state index in [1.165, 1.54) is 11.8 Å². The number of likely N-dealkylation sites (N-methyl/N-ethyl adjacent to an activating group) is 1. The fourth-order valence-corrected chi connectivity index (χ4v) is 3.46. The van der Waals surface area contributed by atoms with Crippen molar-refractivity contribution in [2.45, 2.75) is 32.2 Å². The molecule has 29 heavy (non-hydrogen) atoms. The van der Waals surface area contributed by atoms with Crippen LogP contribution in [0.25, 0.3) is 0 Å². The van der Waals surface area contributed by atoms with E-state index in [0.29, 0.717) is 6.54 Å². The molecular formula is C21H27N2O5S+. The number of rotatable bonds is 9. The molecule has 0 aliphatic rings. The van der Waals surface area contributed by atoms with Crippen molar-refractivity contribution in [3.63, 3.8) is 0 Å². The Morgan fingerprint density at radius 2 is 1.83 bits per heavy atom. The van der Waals surface area contributed by atoms with Gasteiger partial charge in [-0.3, -0.25) is 14.9 Å². The number of carbonyl (C=O) groups is 3. The number of amides is 1. The van der Waals surface area contributed by atoms with Gasteiger partial charge in [-0.25, -0.2) is 4.79 Å². The van der Waals surface area contributed by atoms with Crippen LogP contribution in [0.15, 0.2) is 33.6 Å². The van der Waals surface area contributed by atoms with Crippen LogP contribution < -0.4 is 10.2 Å². The number of Topliss-reactive ketones (excluding diaryl/α,β-unsaturated/α-hetero) is 1. The predicted octanol–water partition coefficient (Wildman–Crippen LogP) is 2.34. The van der Waals surface area contributed by atoms with Crippen LogP contribution in [0.4, 0.5) is 5.88 Å². The van der Waals surface area contributed by atoms with Crippen LogP contribution in [0.1, 0.15) is 45.9 Å². The van der Waals surface area contributed by atoms with Crippen molar-refractivity contribution in [1.29, 1.82) is 0 Å². The van der Waals surface area contributed by atoms with E-state index < -0.39 is 5.97 Å². The number of esters is 1. The molecule has 1 heterocycles. The molecule has 0 saturated carbocycles. The Balaban J connectivity index is 2.10. The lowest BCUT2D eigenvalue weighted by molar-refractivity contribution is -0.885. The maximum absolute atomic E-state index is 12.5. The van der Waals surface area contributed by atoms with Gasteiger partial charge in [-0.1, -0.05) is 12.1 Å². The summed E-state index contributed by atoms with van der Waals surface area (Å²) in [7, 11) is 1.91. The van der Waals surface area contributed by atoms with Crippen molar-refractivity contribution >= 4 is 35.3 Å². The molecule has 7 nitrogen and oxygen atoms in total. The third-order valence-electron chi connectivity index (χ3n) is 4.30. The van der Waals surface area contributed by atoms with Gasteiger partial charge in [-0.15, -0.1) is 11.8 Å². The van der Waals surface area contributed by atoms with Crippen LogP contribution >= 0.6 is 11.8 Å². The summed E-state index contributed by atoms with van der Waals surface area (Å²) in [6.45, 7) is 5.57. The van der Waals surface area contributed by atoms with Gasteiger partial charge in [0.25, 0.3) is 5.91 Å². The molecule has 2 rings (SSSR count). The standard InChI is InChI=1S/C21H26N2O5S/c1-6-27-21(26)19-18(13(2)24)14(3)28-20(19)22-17(25)12-23(4)11-15-7-9-16(29-5)10-8-15/h7-10H,6,11-12H2,1-5H3,(H,22,25)/p+1. The van der Waals surface area contributed by atoms with Crippen LogP contribution in [0.2, 0.25) is 0 Å². The molecule has 156 valence electrons. The van der Waals surface area contributed by atoms with E-state index in [2.05, 4.69) is 5.32 Å². The quantitative estimate of drug-likeness (QED) is 0.368. The van der Waals surface area contributed by atoms with Crippen molar-refractivity contribution in [3.05, 3.63) is 46.7 Å². The fourth-order valence-electron chi connectivity index (χ4n) is 3.05. The normalized spacial score (nSPS) is 11.8. The van der Waals surface area contributed by atoms with Crippen molar-refractivity contribution in [2.75, 3.05) is 31.8 Å². The third-order valence-corrected chi connectivity index (χ3v) is 5.04. The smallest absolute Gasteiger partial charge is 0.344 e. The molecule has 0 aliphatic heterocycles. The van der Waals surface area contributed by atoms with Crippen molar-refractivity contribution in [1.82, 2.24) is 0 Å². The van der Waals surface area contributed by atoms with Crippen LogP contribution in [0.5, 0.6) is 0 Å². The number of thioether (sulfide) groups is 1. The highest BCUT2D eigenvalue weighted by atomic mass is 32.2. The monoisotopic (exact) mass is 419 g/mol. The summed E-state index contributed by atoms with van der Waals surface area (Å²) in [5, 5.41) is 2.62. The number of aryl methyl sites for hydroxylation is 1. The van der Waals surface area contributed by atoms with E-state index in [1.807, 2.05) is 37.6 Å². The summed E-state index contributed by atoms with van der Waals surface area (Å²) in [6.07, 6.45) is 2.02. The minimum Gasteiger partial charge on any atom is -0.462 e. The molecule has 0 spiro atoms. The molecular weight excluding hydrogens is 392 g/mol. The first kappa shape index (κ1) is 22.7. The summed E-state index contributed by atoms with van der Waals surface area (Å²) in [4.78, 5) is 38.9. The molecule has 2 N–H and O–H groups in total. The lowest BCUT2D eigenvalue weighted by Gasteiger charge is -2.14. The minimum absolute atomic E-state index is 0.0319. The molecule has 0 aliphatic carbocycles. The number of anilines is 1. The van der Waals surface area contributed by atoms with Crippen LogP contribution in [0, 0.1) is 6.92 Å². The molecule has 1 unspecified atom stereocenters. The number of furan rings is 1. The Labute approximate surface area is 174 Å². The highest BCUT2D eigenvalue weighted by molar-refractivity contribution is 7.98. The van der Waals surface area contributed by atoms with Crippen molar-refractivity contribution in [2.24, 2.45) is 0 Å². The average molecular weight is 420 g/mol. The van der Waals surface area contributed by atoms with E-state index in [1.54, 1.807) is 25.6 Å². The second-order valence-corrected chi connectivity index (χ2v) is 7.60. The van der Waals surface area contributed by atoms with Crippen LogP contribution in [-0.2, 0) is 16.1 Å². The van der Waals surface area contributed by atoms with Crippen LogP contribution in [0.3, 0.4) is 0 Å². The Morgan fingerprint density at radius 1 is 1.17 bits per heavy atom. The van der Waals surface area contributed by atoms with Gasteiger partial charge in [0, 0.05) is 10.5 Å². The zero-order valence-electron chi connectivity index (χ0n) is 17.4. The highest BCUT2D eigenvalue weighted by Crippen LogP contribution is 2.28. The number of quaternary nitrogens is 1. The topological polar surface area (TPSA) is 90.0 Å². The maximum Gasteiger partial charge on any atom is 0.344 e. The van der Waals surface area contributed by atoms with E-state index in [0.717, 1.165) is 10.5 Å². The first-order valence-electron chi connectivity index (χ1n) is 9.32. The number of carbonyl (C=O) groups excluding carboxylic acids is 3. The Hall–Kier alpha value is -2.58. The molecule has 1 atom stereocenters. The van der Waals surface area contributed by atoms with Gasteiger partial charge in [-0.2, -0.15) is 0 Å². The van der Waals surface area contributed by atoms with Gasteiger partial charge >= 0.3 is 5.97 Å². The number of ketones is 1. The number of ether oxygens (including phenoxy) is 1. The zero-order chi connectivity index (χ0) is 21.6. The molecule has 0 bridgehead atoms. The second kappa shape index (κ2) is 10.3. The van der Waals surface area contributed by atoms with Crippen LogP contribution in [-0.4, -0.2) is 44.1 Å². The van der Waals surface area contributed by atoms with E-state index in [4.69, 9.17) is 9.15 Å². The predicted molar refractivity (Wildman–Crippen MR) is 112 cm³/mol. The van der Waals surface area contributed by atoms with Crippen molar-refractivity contribution in [3.8, 4) is 0 Å². The highest BCUT2D eigenvalue weighted by Gasteiger charge is 2.29. The molecule has 0 radical (unpaired) electrons. The summed E-state index contributed by atoms with van der Waals surface area (Å²) in [5.74, 6) is -1.12. The molecule has 1 amide bonds. The largest absolute Gasteiger partial charge is 0.462 e. The SMILES string of the molecule is CCOC(=O)c1c(NC(=O)C[NH+](C)Cc2ccc(SC)cc2)oc(C)c1C(C)=O. The second-order valence-electron chi connectivity index (χ2n) is 6.72. The van der Waals surface area contributed by atoms with Gasteiger partial charge in [0.05, 0.1) is 19.2 Å². The lowest BCUT2D eigenvalue weighted by atomic mass is 10.1. The molecule has 0 fully saturated rings. The third kappa shape index (κ3) is 5.95. The minimum atomic E-state index is -0.695. The summed E-state index contributed by atoms with van der Waals surface area (Å²) >= 11 is 1.68. The summed E-state index contributed by atoms with van der Waals surface area (Å²) in [5.41, 5.74) is 1.22. The number of hydrogen-bond donors (Lipinski definition) is 2. The van der Waals surface area contributed by atoms with Gasteiger partial charge in [0.1, 0.15) is 17.9 Å². The van der Waals surface area contributed by atoms with Crippen molar-refractivity contribution < 1.29 is 28.4 Å². The molecule has 0 saturated heterocycles. The lowest BCUT2D eigenvalue weighted by Crippen LogP contribution is -3.08. The maximum atomic E-state index is 12.5. The van der Waals surface area contributed by atoms with Gasteiger partial charge in [0.2, 0.25) is 5.88 Å². The Kier molecular flexibility index (Phi) is 8.04. The van der Waals surface area contributed by atoms with E-state index >= 15 is 0 Å². The number of nitrogens with one attached hydrogen (secondary N) is 2. The molecule has 2 aromatic rings. The van der Waals surface area contributed by atoms with Gasteiger partial charge < -0.3 is 14.1 Å². The van der Waals surface area contributed by atoms with E-state index in [-0.39, 0.29) is 47.6 Å². The molecule has 1 aromatic heterocycles. The van der Waals surface area contributed by atoms with Gasteiger partial charge in [0.15, 0.2) is 12.3 Å².